The van der Waals surface area contributed by atoms with E-state index in [9.17, 15) is 4.79 Å². The highest BCUT2D eigenvalue weighted by Crippen LogP contribution is 2.22. The van der Waals surface area contributed by atoms with Gasteiger partial charge in [0, 0.05) is 48.6 Å². The lowest BCUT2D eigenvalue weighted by atomic mass is 10.0. The molecule has 0 spiro atoms. The lowest BCUT2D eigenvalue weighted by molar-refractivity contribution is -0.121. The van der Waals surface area contributed by atoms with E-state index < -0.39 is 0 Å². The van der Waals surface area contributed by atoms with Gasteiger partial charge in [-0.3, -0.25) is 9.69 Å². The van der Waals surface area contributed by atoms with Crippen LogP contribution >= 0.6 is 11.6 Å². The first-order chi connectivity index (χ1) is 12.9. The van der Waals surface area contributed by atoms with Gasteiger partial charge in [0.25, 0.3) is 0 Å². The fraction of sp³-hybridized carbons (Fsp3) is 0.500. The van der Waals surface area contributed by atoms with E-state index in [0.717, 1.165) is 31.9 Å². The number of carbonyl (C=O) groups excluding carboxylic acids is 1. The lowest BCUT2D eigenvalue weighted by Crippen LogP contribution is -2.55. The summed E-state index contributed by atoms with van der Waals surface area (Å²) in [4.78, 5) is 18.8. The molecule has 1 aliphatic rings. The topological polar surface area (TPSA) is 67.6 Å². The largest absolute Gasteiger partial charge is 0.441 e. The van der Waals surface area contributed by atoms with E-state index in [-0.39, 0.29) is 11.4 Å². The summed E-state index contributed by atoms with van der Waals surface area (Å²) in [7, 11) is 0. The predicted octanol–water partition coefficient (Wildman–Crippen LogP) is 3.15. The number of nitrogens with one attached hydrogen (secondary N) is 1. The molecule has 0 bridgehead atoms. The Morgan fingerprint density at radius 1 is 1.26 bits per heavy atom. The number of amides is 1. The number of oxazole rings is 1. The zero-order chi connectivity index (χ0) is 19.3. The summed E-state index contributed by atoms with van der Waals surface area (Å²) in [6.45, 7) is 8.18. The summed E-state index contributed by atoms with van der Waals surface area (Å²) in [5.41, 5.74) is 0.819. The second kappa shape index (κ2) is 8.87. The van der Waals surface area contributed by atoms with Gasteiger partial charge in [-0.2, -0.15) is 0 Å². The number of halogens is 1. The van der Waals surface area contributed by atoms with Crippen molar-refractivity contribution in [2.24, 2.45) is 0 Å². The Morgan fingerprint density at radius 3 is 2.67 bits per heavy atom. The highest BCUT2D eigenvalue weighted by Gasteiger charge is 2.28. The Balaban J connectivity index is 1.46. The van der Waals surface area contributed by atoms with Crippen molar-refractivity contribution < 1.29 is 13.9 Å². The Kier molecular flexibility index (Phi) is 6.52. The van der Waals surface area contributed by atoms with Crippen molar-refractivity contribution in [1.29, 1.82) is 0 Å². The van der Waals surface area contributed by atoms with Crippen LogP contribution in [0.5, 0.6) is 0 Å². The zero-order valence-electron chi connectivity index (χ0n) is 15.8. The highest BCUT2D eigenvalue weighted by molar-refractivity contribution is 6.30. The molecule has 27 heavy (non-hydrogen) atoms. The minimum atomic E-state index is -0.0931. The van der Waals surface area contributed by atoms with Crippen molar-refractivity contribution in [2.45, 2.75) is 32.2 Å². The van der Waals surface area contributed by atoms with Gasteiger partial charge >= 0.3 is 0 Å². The number of carbonyl (C=O) groups is 1. The number of aryl methyl sites for hydroxylation is 1. The van der Waals surface area contributed by atoms with Gasteiger partial charge in [0.1, 0.15) is 0 Å². The number of hydrogen-bond acceptors (Lipinski definition) is 5. The van der Waals surface area contributed by atoms with Crippen LogP contribution in [0.4, 0.5) is 0 Å². The number of ether oxygens (including phenoxy) is 1. The Morgan fingerprint density at radius 2 is 1.96 bits per heavy atom. The molecule has 7 heteroatoms. The number of rotatable bonds is 7. The lowest BCUT2D eigenvalue weighted by Gasteiger charge is -2.40. The Bertz CT molecular complexity index is 752. The van der Waals surface area contributed by atoms with Crippen LogP contribution < -0.4 is 5.32 Å². The number of nitrogens with zero attached hydrogens (tertiary/aromatic N) is 2. The van der Waals surface area contributed by atoms with Crippen molar-refractivity contribution in [2.75, 3.05) is 32.8 Å². The maximum absolute atomic E-state index is 12.2. The van der Waals surface area contributed by atoms with Crippen LogP contribution in [0.25, 0.3) is 11.3 Å². The first-order valence-electron chi connectivity index (χ1n) is 9.24. The molecular weight excluding hydrogens is 366 g/mol. The quantitative estimate of drug-likeness (QED) is 0.785. The summed E-state index contributed by atoms with van der Waals surface area (Å²) in [5.74, 6) is 1.24. The van der Waals surface area contributed by atoms with Gasteiger partial charge in [0.05, 0.1) is 19.4 Å². The van der Waals surface area contributed by atoms with Crippen LogP contribution in [0.2, 0.25) is 5.02 Å². The van der Waals surface area contributed by atoms with Gasteiger partial charge in [-0.15, -0.1) is 0 Å². The molecule has 0 radical (unpaired) electrons. The molecule has 1 saturated heterocycles. The van der Waals surface area contributed by atoms with Gasteiger partial charge < -0.3 is 14.5 Å². The molecule has 3 rings (SSSR count). The number of hydrogen-bond donors (Lipinski definition) is 1. The normalized spacial score (nSPS) is 15.7. The molecule has 1 N–H and O–H groups in total. The summed E-state index contributed by atoms with van der Waals surface area (Å²) in [5, 5.41) is 3.71. The van der Waals surface area contributed by atoms with Crippen LogP contribution in [-0.4, -0.2) is 54.2 Å². The van der Waals surface area contributed by atoms with Gasteiger partial charge in [-0.1, -0.05) is 11.6 Å². The van der Waals surface area contributed by atoms with E-state index >= 15 is 0 Å². The molecule has 1 aromatic heterocycles. The highest BCUT2D eigenvalue weighted by atomic mass is 35.5. The minimum Gasteiger partial charge on any atom is -0.441 e. The van der Waals surface area contributed by atoms with E-state index in [2.05, 4.69) is 29.0 Å². The third-order valence-corrected chi connectivity index (χ3v) is 5.09. The second-order valence-corrected chi connectivity index (χ2v) is 7.75. The summed E-state index contributed by atoms with van der Waals surface area (Å²) in [6.07, 6.45) is 2.50. The van der Waals surface area contributed by atoms with E-state index in [1.165, 1.54) is 0 Å². The van der Waals surface area contributed by atoms with Crippen molar-refractivity contribution in [1.82, 2.24) is 15.2 Å². The van der Waals surface area contributed by atoms with Gasteiger partial charge in [0.15, 0.2) is 11.7 Å². The van der Waals surface area contributed by atoms with Crippen molar-refractivity contribution in [3.8, 4) is 11.3 Å². The molecule has 2 aromatic rings. The molecule has 6 nitrogen and oxygen atoms in total. The fourth-order valence-corrected chi connectivity index (χ4v) is 3.20. The van der Waals surface area contributed by atoms with Crippen LogP contribution in [0.1, 0.15) is 26.2 Å². The summed E-state index contributed by atoms with van der Waals surface area (Å²) < 4.78 is 11.1. The molecule has 1 aromatic carbocycles. The average molecular weight is 392 g/mol. The number of aromatic nitrogens is 1. The Labute approximate surface area is 164 Å². The minimum absolute atomic E-state index is 0.00239. The first kappa shape index (κ1) is 19.9. The molecule has 0 aliphatic carbocycles. The van der Waals surface area contributed by atoms with Gasteiger partial charge in [-0.25, -0.2) is 4.98 Å². The van der Waals surface area contributed by atoms with Crippen molar-refractivity contribution >= 4 is 17.5 Å². The average Bonchev–Trinajstić information content (AvgIpc) is 3.15. The maximum Gasteiger partial charge on any atom is 0.220 e. The molecule has 146 valence electrons. The first-order valence-corrected chi connectivity index (χ1v) is 9.62. The molecule has 0 saturated carbocycles. The molecule has 0 atom stereocenters. The standard InChI is InChI=1S/C20H26ClN3O3/c1-20(2,24-9-11-26-12-10-24)14-23-18(25)7-8-19-22-13-17(27-19)15-3-5-16(21)6-4-15/h3-6,13H,7-12,14H2,1-2H3,(H,23,25). The van der Waals surface area contributed by atoms with E-state index in [0.29, 0.717) is 36.1 Å². The van der Waals surface area contributed by atoms with E-state index in [1.54, 1.807) is 6.20 Å². The Hall–Kier alpha value is -1.89. The molecule has 2 heterocycles. The monoisotopic (exact) mass is 391 g/mol. The van der Waals surface area contributed by atoms with Crippen molar-refractivity contribution in [3.05, 3.63) is 41.4 Å². The van der Waals surface area contributed by atoms with Crippen LogP contribution in [0.15, 0.2) is 34.9 Å². The maximum atomic E-state index is 12.2. The van der Waals surface area contributed by atoms with E-state index in [4.69, 9.17) is 20.8 Å². The van der Waals surface area contributed by atoms with Crippen molar-refractivity contribution in [3.63, 3.8) is 0 Å². The predicted molar refractivity (Wildman–Crippen MR) is 105 cm³/mol. The van der Waals surface area contributed by atoms with Crippen LogP contribution in [-0.2, 0) is 16.0 Å². The summed E-state index contributed by atoms with van der Waals surface area (Å²) in [6, 6.07) is 7.38. The number of benzene rings is 1. The SMILES string of the molecule is CC(C)(CNC(=O)CCc1ncc(-c2ccc(Cl)cc2)o1)N1CCOCC1. The molecule has 1 fully saturated rings. The third kappa shape index (κ3) is 5.54. The fourth-order valence-electron chi connectivity index (χ4n) is 3.08. The number of morpholine rings is 1. The van der Waals surface area contributed by atoms with Gasteiger partial charge in [-0.05, 0) is 38.1 Å². The summed E-state index contributed by atoms with van der Waals surface area (Å²) >= 11 is 5.90. The third-order valence-electron chi connectivity index (χ3n) is 4.83. The van der Waals surface area contributed by atoms with E-state index in [1.807, 2.05) is 24.3 Å². The smallest absolute Gasteiger partial charge is 0.220 e. The second-order valence-electron chi connectivity index (χ2n) is 7.31. The molecule has 0 unspecified atom stereocenters. The molecular formula is C20H26ClN3O3. The zero-order valence-corrected chi connectivity index (χ0v) is 16.6. The van der Waals surface area contributed by atoms with Gasteiger partial charge in [0.2, 0.25) is 5.91 Å². The molecule has 1 amide bonds. The van der Waals surface area contributed by atoms with Crippen LogP contribution in [0.3, 0.4) is 0 Å². The van der Waals surface area contributed by atoms with Crippen LogP contribution in [0, 0.1) is 0 Å². The molecule has 1 aliphatic heterocycles.